The molecule has 1 aromatic rings. The molecule has 3 fully saturated rings. The van der Waals surface area contributed by atoms with Crippen LogP contribution in [0.2, 0.25) is 0 Å². The number of rotatable bonds is 5. The Morgan fingerprint density at radius 1 is 1.15 bits per heavy atom. The van der Waals surface area contributed by atoms with Crippen molar-refractivity contribution in [3.05, 3.63) is 24.0 Å². The highest BCUT2D eigenvalue weighted by Crippen LogP contribution is 2.41. The smallest absolute Gasteiger partial charge is 0.239 e. The number of nitrogens with one attached hydrogen (secondary N) is 3. The third-order valence-electron chi connectivity index (χ3n) is 6.64. The van der Waals surface area contributed by atoms with Gasteiger partial charge in [-0.2, -0.15) is 0 Å². The third-order valence-corrected chi connectivity index (χ3v) is 6.64. The second-order valence-electron chi connectivity index (χ2n) is 8.86. The van der Waals surface area contributed by atoms with Gasteiger partial charge < -0.3 is 50.6 Å². The van der Waals surface area contributed by atoms with Gasteiger partial charge in [-0.25, -0.2) is 0 Å². The standard InChI is InChI=1S/C21H32N4O8/c1-9-6-12(25-13(27)7-10-4-5-11(26)8-24-10)21(30)20(31-9)32-19-17(29)14(22-2)16(28)15(23-3)18(19)33-21/h4-5,8-9,12,14-20,22-23,26,28-30H,6-7H2,1-3H3,(H,25,27)/t9-,12-,14-,15+,16+,17+,18-,19-,20+,21+/m1/s1. The largest absolute Gasteiger partial charge is 0.506 e. The lowest BCUT2D eigenvalue weighted by molar-refractivity contribution is -0.449. The van der Waals surface area contributed by atoms with Crippen molar-refractivity contribution in [1.82, 2.24) is 20.9 Å². The summed E-state index contributed by atoms with van der Waals surface area (Å²) in [6.45, 7) is 1.78. The van der Waals surface area contributed by atoms with E-state index in [4.69, 9.17) is 14.2 Å². The summed E-state index contributed by atoms with van der Waals surface area (Å²) >= 11 is 0. The van der Waals surface area contributed by atoms with Crippen molar-refractivity contribution in [2.24, 2.45) is 0 Å². The van der Waals surface area contributed by atoms with Crippen LogP contribution in [0, 0.1) is 0 Å². The van der Waals surface area contributed by atoms with Crippen LogP contribution in [0.1, 0.15) is 19.0 Å². The van der Waals surface area contributed by atoms with E-state index < -0.39 is 60.5 Å². The van der Waals surface area contributed by atoms with Crippen LogP contribution in [-0.4, -0.2) is 106 Å². The molecule has 1 aromatic heterocycles. The van der Waals surface area contributed by atoms with Crippen LogP contribution in [0.3, 0.4) is 0 Å². The summed E-state index contributed by atoms with van der Waals surface area (Å²) < 4.78 is 17.9. The molecule has 7 N–H and O–H groups in total. The minimum Gasteiger partial charge on any atom is -0.506 e. The molecule has 12 nitrogen and oxygen atoms in total. The Labute approximate surface area is 191 Å². The first-order valence-corrected chi connectivity index (χ1v) is 11.0. The Kier molecular flexibility index (Phi) is 6.90. The second-order valence-corrected chi connectivity index (χ2v) is 8.86. The Bertz CT molecular complexity index is 844. The number of hydrogen-bond donors (Lipinski definition) is 7. The molecule has 0 radical (unpaired) electrons. The Morgan fingerprint density at radius 3 is 2.52 bits per heavy atom. The molecule has 12 heteroatoms. The zero-order valence-corrected chi connectivity index (χ0v) is 18.7. The Balaban J connectivity index is 1.55. The lowest BCUT2D eigenvalue weighted by Gasteiger charge is -2.58. The maximum atomic E-state index is 12.7. The lowest BCUT2D eigenvalue weighted by atomic mass is 9.79. The summed E-state index contributed by atoms with van der Waals surface area (Å²) in [6.07, 6.45) is -4.18. The fourth-order valence-electron chi connectivity index (χ4n) is 4.95. The van der Waals surface area contributed by atoms with E-state index in [0.29, 0.717) is 5.69 Å². The molecule has 0 aromatic carbocycles. The monoisotopic (exact) mass is 468 g/mol. The van der Waals surface area contributed by atoms with E-state index in [-0.39, 0.29) is 24.7 Å². The van der Waals surface area contributed by atoms with E-state index in [9.17, 15) is 25.2 Å². The number of aromatic nitrogens is 1. The quantitative estimate of drug-likeness (QED) is 0.240. The van der Waals surface area contributed by atoms with Crippen molar-refractivity contribution in [2.75, 3.05) is 14.1 Å². The Hall–Kier alpha value is -1.90. The SMILES string of the molecule is CN[C@@H]1[C@H](O)[C@H](NC)[C@H]2O[C@]3(O)[C@H](O[C@@H]2[C@H]1O)O[C@H](C)C[C@H]3NC(=O)Cc1ccc(O)cn1. The maximum absolute atomic E-state index is 12.7. The number of aliphatic hydroxyl groups is 3. The van der Waals surface area contributed by atoms with Crippen molar-refractivity contribution >= 4 is 5.91 Å². The first-order chi connectivity index (χ1) is 15.7. The lowest BCUT2D eigenvalue weighted by Crippen LogP contribution is -2.79. The minimum atomic E-state index is -2.05. The van der Waals surface area contributed by atoms with E-state index in [1.165, 1.54) is 18.3 Å². The molecule has 0 bridgehead atoms. The Morgan fingerprint density at radius 2 is 1.88 bits per heavy atom. The first kappa shape index (κ1) is 24.2. The van der Waals surface area contributed by atoms with Crippen molar-refractivity contribution in [3.8, 4) is 5.75 Å². The number of pyridine rings is 1. The number of hydrogen-bond acceptors (Lipinski definition) is 11. The number of aliphatic hydroxyl groups excluding tert-OH is 2. The molecule has 0 unspecified atom stereocenters. The average molecular weight is 469 g/mol. The van der Waals surface area contributed by atoms with Gasteiger partial charge in [-0.1, -0.05) is 0 Å². The molecule has 1 aliphatic carbocycles. The molecule has 1 saturated carbocycles. The number of ether oxygens (including phenoxy) is 3. The third kappa shape index (κ3) is 4.45. The van der Waals surface area contributed by atoms with Gasteiger partial charge in [0.1, 0.15) is 24.1 Å². The number of likely N-dealkylation sites (N-methyl/N-ethyl adjacent to an activating group) is 2. The number of amides is 1. The van der Waals surface area contributed by atoms with Crippen molar-refractivity contribution in [3.63, 3.8) is 0 Å². The molecule has 3 aliphatic rings. The van der Waals surface area contributed by atoms with E-state index in [1.807, 2.05) is 0 Å². The van der Waals surface area contributed by atoms with Crippen LogP contribution < -0.4 is 16.0 Å². The topological polar surface area (TPSA) is 175 Å². The summed E-state index contributed by atoms with van der Waals surface area (Å²) in [6, 6.07) is 0.727. The molecule has 184 valence electrons. The van der Waals surface area contributed by atoms with Crippen LogP contribution in [0.15, 0.2) is 18.3 Å². The minimum absolute atomic E-state index is 0.00618. The second kappa shape index (κ2) is 9.39. The van der Waals surface area contributed by atoms with E-state index in [1.54, 1.807) is 21.0 Å². The summed E-state index contributed by atoms with van der Waals surface area (Å²) in [5.74, 6) is -2.46. The summed E-state index contributed by atoms with van der Waals surface area (Å²) in [5.41, 5.74) is 0.446. The number of aromatic hydroxyl groups is 1. The fraction of sp³-hybridized carbons (Fsp3) is 0.714. The van der Waals surface area contributed by atoms with Gasteiger partial charge in [0.15, 0.2) is 0 Å². The average Bonchev–Trinajstić information content (AvgIpc) is 2.76. The van der Waals surface area contributed by atoms with Crippen LogP contribution in [0.4, 0.5) is 0 Å². The summed E-state index contributed by atoms with van der Waals surface area (Å²) in [7, 11) is 3.26. The molecular weight excluding hydrogens is 436 g/mol. The van der Waals surface area contributed by atoms with E-state index >= 15 is 0 Å². The van der Waals surface area contributed by atoms with Gasteiger partial charge in [0.2, 0.25) is 18.0 Å². The maximum Gasteiger partial charge on any atom is 0.239 e. The van der Waals surface area contributed by atoms with E-state index in [2.05, 4.69) is 20.9 Å². The highest BCUT2D eigenvalue weighted by molar-refractivity contribution is 5.78. The molecule has 2 aliphatic heterocycles. The van der Waals surface area contributed by atoms with Crippen LogP contribution in [-0.2, 0) is 25.4 Å². The molecule has 3 heterocycles. The van der Waals surface area contributed by atoms with Gasteiger partial charge in [-0.3, -0.25) is 9.78 Å². The fourth-order valence-corrected chi connectivity index (χ4v) is 4.95. The van der Waals surface area contributed by atoms with E-state index in [0.717, 1.165) is 0 Å². The first-order valence-electron chi connectivity index (χ1n) is 11.0. The van der Waals surface area contributed by atoms with Gasteiger partial charge in [-0.05, 0) is 39.6 Å². The van der Waals surface area contributed by atoms with Crippen molar-refractivity contribution in [1.29, 1.82) is 0 Å². The molecule has 33 heavy (non-hydrogen) atoms. The van der Waals surface area contributed by atoms with Crippen molar-refractivity contribution < 1.29 is 39.4 Å². The molecule has 0 spiro atoms. The molecule has 10 atom stereocenters. The molecule has 1 amide bonds. The number of carbonyl (C=O) groups excluding carboxylic acids is 1. The van der Waals surface area contributed by atoms with Gasteiger partial charge in [-0.15, -0.1) is 0 Å². The number of carbonyl (C=O) groups is 1. The predicted molar refractivity (Wildman–Crippen MR) is 113 cm³/mol. The number of nitrogens with zero attached hydrogens (tertiary/aromatic N) is 1. The highest BCUT2D eigenvalue weighted by atomic mass is 16.8. The molecular formula is C21H32N4O8. The molecule has 4 rings (SSSR count). The van der Waals surface area contributed by atoms with Crippen LogP contribution in [0.25, 0.3) is 0 Å². The number of fused-ring (bicyclic) bond motifs is 2. The van der Waals surface area contributed by atoms with Crippen LogP contribution >= 0.6 is 0 Å². The molecule has 2 saturated heterocycles. The van der Waals surface area contributed by atoms with Gasteiger partial charge in [0.25, 0.3) is 0 Å². The van der Waals surface area contributed by atoms with Gasteiger partial charge in [0, 0.05) is 5.69 Å². The summed E-state index contributed by atoms with van der Waals surface area (Å²) in [5, 5.41) is 51.1. The zero-order chi connectivity index (χ0) is 23.9. The van der Waals surface area contributed by atoms with Crippen LogP contribution in [0.5, 0.6) is 5.75 Å². The highest BCUT2D eigenvalue weighted by Gasteiger charge is 2.63. The summed E-state index contributed by atoms with van der Waals surface area (Å²) in [4.78, 5) is 16.7. The normalized spacial score (nSPS) is 42.8. The van der Waals surface area contributed by atoms with Gasteiger partial charge >= 0.3 is 0 Å². The zero-order valence-electron chi connectivity index (χ0n) is 18.7. The van der Waals surface area contributed by atoms with Gasteiger partial charge in [0.05, 0.1) is 43.0 Å². The predicted octanol–water partition coefficient (Wildman–Crippen LogP) is -2.67. The van der Waals surface area contributed by atoms with Crippen molar-refractivity contribution in [2.45, 2.75) is 80.5 Å².